The maximum atomic E-state index is 12.0. The molecule has 1 heterocycles. The topological polar surface area (TPSA) is 82.8 Å². The standard InChI is InChI=1S/C13H18N2O4/c1-15(7-9-5-6-19-8-9)13(18)14-11-4-2-3-10(11)12(16)17/h5-6,8,10-11H,2-4,7H2,1H3,(H,14,18)(H,16,17). The SMILES string of the molecule is CN(Cc1ccoc1)C(=O)NC1CCCC1C(=O)O. The third kappa shape index (κ3) is 3.27. The van der Waals surface area contributed by atoms with Gasteiger partial charge in [-0.3, -0.25) is 4.79 Å². The summed E-state index contributed by atoms with van der Waals surface area (Å²) >= 11 is 0. The second-order valence-corrected chi connectivity index (χ2v) is 4.92. The maximum Gasteiger partial charge on any atom is 0.317 e. The normalized spacial score (nSPS) is 22.2. The molecule has 1 saturated carbocycles. The van der Waals surface area contributed by atoms with E-state index in [1.54, 1.807) is 25.6 Å². The summed E-state index contributed by atoms with van der Waals surface area (Å²) in [5.41, 5.74) is 0.902. The Labute approximate surface area is 111 Å². The van der Waals surface area contributed by atoms with Crippen LogP contribution in [0.4, 0.5) is 4.79 Å². The molecule has 1 aromatic rings. The molecule has 2 unspecified atom stereocenters. The molecular formula is C13H18N2O4. The zero-order valence-corrected chi connectivity index (χ0v) is 10.8. The highest BCUT2D eigenvalue weighted by Crippen LogP contribution is 2.25. The van der Waals surface area contributed by atoms with E-state index in [1.807, 2.05) is 0 Å². The van der Waals surface area contributed by atoms with Crippen LogP contribution in [0.15, 0.2) is 23.0 Å². The van der Waals surface area contributed by atoms with Gasteiger partial charge < -0.3 is 19.7 Å². The van der Waals surface area contributed by atoms with Crippen molar-refractivity contribution in [1.29, 1.82) is 0 Å². The molecule has 1 aliphatic carbocycles. The first-order chi connectivity index (χ1) is 9.08. The second-order valence-electron chi connectivity index (χ2n) is 4.92. The van der Waals surface area contributed by atoms with E-state index >= 15 is 0 Å². The zero-order valence-electron chi connectivity index (χ0n) is 10.8. The molecular weight excluding hydrogens is 248 g/mol. The number of carbonyl (C=O) groups excluding carboxylic acids is 1. The Hall–Kier alpha value is -1.98. The molecule has 6 nitrogen and oxygen atoms in total. The predicted molar refractivity (Wildman–Crippen MR) is 67.5 cm³/mol. The molecule has 104 valence electrons. The Morgan fingerprint density at radius 2 is 2.32 bits per heavy atom. The van der Waals surface area contributed by atoms with Crippen molar-refractivity contribution in [2.45, 2.75) is 31.8 Å². The maximum absolute atomic E-state index is 12.0. The first-order valence-electron chi connectivity index (χ1n) is 6.33. The minimum atomic E-state index is -0.833. The fraction of sp³-hybridized carbons (Fsp3) is 0.538. The van der Waals surface area contributed by atoms with Gasteiger partial charge in [0, 0.05) is 18.7 Å². The first kappa shape index (κ1) is 13.5. The molecule has 0 saturated heterocycles. The van der Waals surface area contributed by atoms with Crippen LogP contribution in [0.1, 0.15) is 24.8 Å². The van der Waals surface area contributed by atoms with E-state index in [0.29, 0.717) is 13.0 Å². The van der Waals surface area contributed by atoms with Gasteiger partial charge in [-0.15, -0.1) is 0 Å². The van der Waals surface area contributed by atoms with Gasteiger partial charge >= 0.3 is 12.0 Å². The van der Waals surface area contributed by atoms with Gasteiger partial charge in [-0.25, -0.2) is 4.79 Å². The molecule has 1 aromatic heterocycles. The van der Waals surface area contributed by atoms with Gasteiger partial charge in [-0.2, -0.15) is 0 Å². The van der Waals surface area contributed by atoms with Crippen molar-refractivity contribution in [3.63, 3.8) is 0 Å². The predicted octanol–water partition coefficient (Wildman–Crippen LogP) is 1.67. The highest BCUT2D eigenvalue weighted by atomic mass is 16.4. The number of amides is 2. The summed E-state index contributed by atoms with van der Waals surface area (Å²) in [6.45, 7) is 0.437. The van der Waals surface area contributed by atoms with Crippen molar-refractivity contribution < 1.29 is 19.1 Å². The number of carbonyl (C=O) groups is 2. The summed E-state index contributed by atoms with van der Waals surface area (Å²) in [7, 11) is 1.67. The number of carboxylic acids is 1. The van der Waals surface area contributed by atoms with Gasteiger partial charge in [0.25, 0.3) is 0 Å². The van der Waals surface area contributed by atoms with Crippen molar-refractivity contribution in [2.24, 2.45) is 5.92 Å². The highest BCUT2D eigenvalue weighted by molar-refractivity contribution is 5.77. The molecule has 6 heteroatoms. The smallest absolute Gasteiger partial charge is 0.317 e. The van der Waals surface area contributed by atoms with Crippen LogP contribution < -0.4 is 5.32 Å². The van der Waals surface area contributed by atoms with E-state index < -0.39 is 11.9 Å². The summed E-state index contributed by atoms with van der Waals surface area (Å²) in [5.74, 6) is -1.30. The van der Waals surface area contributed by atoms with E-state index in [1.165, 1.54) is 4.90 Å². The van der Waals surface area contributed by atoms with E-state index in [2.05, 4.69) is 5.32 Å². The van der Waals surface area contributed by atoms with Crippen LogP contribution in [-0.2, 0) is 11.3 Å². The van der Waals surface area contributed by atoms with Crippen LogP contribution in [0, 0.1) is 5.92 Å². The molecule has 2 N–H and O–H groups in total. The summed E-state index contributed by atoms with van der Waals surface area (Å²) in [6.07, 6.45) is 5.33. The number of hydrogen-bond acceptors (Lipinski definition) is 3. The average molecular weight is 266 g/mol. The van der Waals surface area contributed by atoms with E-state index in [0.717, 1.165) is 18.4 Å². The van der Waals surface area contributed by atoms with Crippen LogP contribution in [-0.4, -0.2) is 35.1 Å². The monoisotopic (exact) mass is 266 g/mol. The quantitative estimate of drug-likeness (QED) is 0.868. The van der Waals surface area contributed by atoms with Crippen LogP contribution >= 0.6 is 0 Å². The number of nitrogens with zero attached hydrogens (tertiary/aromatic N) is 1. The zero-order chi connectivity index (χ0) is 13.8. The molecule has 19 heavy (non-hydrogen) atoms. The van der Waals surface area contributed by atoms with Crippen molar-refractivity contribution in [3.05, 3.63) is 24.2 Å². The number of aliphatic carboxylic acids is 1. The molecule has 0 radical (unpaired) electrons. The molecule has 2 rings (SSSR count). The average Bonchev–Trinajstić information content (AvgIpc) is 2.99. The van der Waals surface area contributed by atoms with Crippen LogP contribution in [0.25, 0.3) is 0 Å². The van der Waals surface area contributed by atoms with E-state index in [-0.39, 0.29) is 12.1 Å². The van der Waals surface area contributed by atoms with Crippen molar-refractivity contribution in [2.75, 3.05) is 7.05 Å². The molecule has 0 aliphatic heterocycles. The molecule has 0 aromatic carbocycles. The molecule has 0 spiro atoms. The lowest BCUT2D eigenvalue weighted by molar-refractivity contribution is -0.142. The van der Waals surface area contributed by atoms with Crippen LogP contribution in [0.2, 0.25) is 0 Å². The lowest BCUT2D eigenvalue weighted by atomic mass is 10.0. The fourth-order valence-electron chi connectivity index (χ4n) is 2.43. The number of nitrogens with one attached hydrogen (secondary N) is 1. The van der Waals surface area contributed by atoms with Gasteiger partial charge in [0.2, 0.25) is 0 Å². The molecule has 2 atom stereocenters. The van der Waals surface area contributed by atoms with Crippen molar-refractivity contribution >= 4 is 12.0 Å². The molecule has 1 aliphatic rings. The van der Waals surface area contributed by atoms with Crippen molar-refractivity contribution in [3.8, 4) is 0 Å². The number of urea groups is 1. The Morgan fingerprint density at radius 1 is 1.53 bits per heavy atom. The van der Waals surface area contributed by atoms with E-state index in [4.69, 9.17) is 9.52 Å². The van der Waals surface area contributed by atoms with Crippen LogP contribution in [0.3, 0.4) is 0 Å². The summed E-state index contributed by atoms with van der Waals surface area (Å²) in [6, 6.07) is 1.27. The lowest BCUT2D eigenvalue weighted by Crippen LogP contribution is -2.45. The van der Waals surface area contributed by atoms with Gasteiger partial charge in [0.1, 0.15) is 0 Å². The number of hydrogen-bond donors (Lipinski definition) is 2. The molecule has 0 bridgehead atoms. The van der Waals surface area contributed by atoms with E-state index in [9.17, 15) is 9.59 Å². The van der Waals surface area contributed by atoms with Gasteiger partial charge in [0.05, 0.1) is 25.0 Å². The summed E-state index contributed by atoms with van der Waals surface area (Å²) in [4.78, 5) is 24.5. The molecule has 2 amide bonds. The van der Waals surface area contributed by atoms with Gasteiger partial charge in [0.15, 0.2) is 0 Å². The summed E-state index contributed by atoms with van der Waals surface area (Å²) in [5, 5.41) is 11.9. The first-order valence-corrected chi connectivity index (χ1v) is 6.33. The Kier molecular flexibility index (Phi) is 4.09. The third-order valence-electron chi connectivity index (χ3n) is 3.49. The third-order valence-corrected chi connectivity index (χ3v) is 3.49. The molecule has 1 fully saturated rings. The van der Waals surface area contributed by atoms with Gasteiger partial charge in [-0.05, 0) is 18.9 Å². The minimum Gasteiger partial charge on any atom is -0.481 e. The lowest BCUT2D eigenvalue weighted by Gasteiger charge is -2.22. The van der Waals surface area contributed by atoms with Crippen LogP contribution in [0.5, 0.6) is 0 Å². The van der Waals surface area contributed by atoms with Crippen molar-refractivity contribution in [1.82, 2.24) is 10.2 Å². The Morgan fingerprint density at radius 3 is 2.95 bits per heavy atom. The summed E-state index contributed by atoms with van der Waals surface area (Å²) < 4.78 is 4.94. The largest absolute Gasteiger partial charge is 0.481 e. The Bertz CT molecular complexity index is 444. The van der Waals surface area contributed by atoms with Gasteiger partial charge in [-0.1, -0.05) is 6.42 Å². The Balaban J connectivity index is 1.88. The number of rotatable bonds is 4. The fourth-order valence-corrected chi connectivity index (χ4v) is 2.43. The number of furan rings is 1. The number of carboxylic acid groups (broad SMARTS) is 1. The minimum absolute atomic E-state index is 0.251. The highest BCUT2D eigenvalue weighted by Gasteiger charge is 2.34. The second kappa shape index (κ2) is 5.77.